The van der Waals surface area contributed by atoms with E-state index in [0.717, 1.165) is 50.4 Å². The molecule has 1 aromatic heterocycles. The third kappa shape index (κ3) is 3.37. The van der Waals surface area contributed by atoms with Gasteiger partial charge < -0.3 is 9.47 Å². The lowest BCUT2D eigenvalue weighted by molar-refractivity contribution is -0.132. The third-order valence-electron chi connectivity index (χ3n) is 5.80. The summed E-state index contributed by atoms with van der Waals surface area (Å²) in [6.45, 7) is 1.78. The topological polar surface area (TPSA) is 75.7 Å². The van der Waals surface area contributed by atoms with Crippen LogP contribution in [0.1, 0.15) is 75.5 Å². The zero-order chi connectivity index (χ0) is 18.0. The van der Waals surface area contributed by atoms with Gasteiger partial charge in [-0.2, -0.15) is 10.2 Å². The van der Waals surface area contributed by atoms with Crippen molar-refractivity contribution in [2.75, 3.05) is 6.54 Å². The second-order valence-electron chi connectivity index (χ2n) is 7.57. The molecule has 0 spiro atoms. The zero-order valence-corrected chi connectivity index (χ0v) is 15.2. The number of terminal acetylenes is 1. The van der Waals surface area contributed by atoms with E-state index in [1.807, 2.05) is 4.90 Å². The molecule has 0 bridgehead atoms. The number of fused-ring (bicyclic) bond motifs is 1. The molecule has 3 aliphatic heterocycles. The highest BCUT2D eigenvalue weighted by molar-refractivity contribution is 5.77. The lowest BCUT2D eigenvalue weighted by Gasteiger charge is -2.25. The molecule has 3 aliphatic rings. The monoisotopic (exact) mass is 354 g/mol. The van der Waals surface area contributed by atoms with Crippen LogP contribution in [-0.4, -0.2) is 37.8 Å². The van der Waals surface area contributed by atoms with E-state index in [9.17, 15) is 4.79 Å². The number of carbonyl (C=O) groups is 1. The molecule has 1 fully saturated rings. The molecule has 4 rings (SSSR count). The van der Waals surface area contributed by atoms with Crippen LogP contribution in [0.5, 0.6) is 0 Å². The number of aromatic nitrogens is 3. The number of likely N-dealkylation sites (tertiary alicyclic amines) is 1. The van der Waals surface area contributed by atoms with Crippen LogP contribution in [0.15, 0.2) is 10.2 Å². The van der Waals surface area contributed by atoms with E-state index in [0.29, 0.717) is 19.3 Å². The van der Waals surface area contributed by atoms with Gasteiger partial charge >= 0.3 is 0 Å². The van der Waals surface area contributed by atoms with Gasteiger partial charge in [0.15, 0.2) is 11.5 Å². The molecule has 0 N–H and O–H groups in total. The van der Waals surface area contributed by atoms with Crippen LogP contribution < -0.4 is 0 Å². The Morgan fingerprint density at radius 1 is 1.15 bits per heavy atom. The third-order valence-corrected chi connectivity index (χ3v) is 5.80. The van der Waals surface area contributed by atoms with Gasteiger partial charge in [-0.1, -0.05) is 6.42 Å². The summed E-state index contributed by atoms with van der Waals surface area (Å²) in [5.41, 5.74) is -0.386. The molecule has 7 heteroatoms. The van der Waals surface area contributed by atoms with Crippen molar-refractivity contribution in [2.45, 2.75) is 82.5 Å². The van der Waals surface area contributed by atoms with E-state index in [2.05, 4.69) is 30.9 Å². The molecule has 1 amide bonds. The van der Waals surface area contributed by atoms with Crippen molar-refractivity contribution in [3.8, 4) is 12.3 Å². The molecule has 0 saturated carbocycles. The number of hydrogen-bond donors (Lipinski definition) is 0. The van der Waals surface area contributed by atoms with Crippen molar-refractivity contribution < 1.29 is 4.79 Å². The van der Waals surface area contributed by atoms with E-state index in [1.165, 1.54) is 19.3 Å². The molecule has 1 atom stereocenters. The second-order valence-corrected chi connectivity index (χ2v) is 7.57. The van der Waals surface area contributed by atoms with E-state index >= 15 is 0 Å². The minimum atomic E-state index is -0.386. The number of hydrogen-bond acceptors (Lipinski definition) is 5. The van der Waals surface area contributed by atoms with Crippen molar-refractivity contribution >= 4 is 5.91 Å². The summed E-state index contributed by atoms with van der Waals surface area (Å²) >= 11 is 0. The average Bonchev–Trinajstić information content (AvgIpc) is 3.17. The Morgan fingerprint density at radius 2 is 2.04 bits per heavy atom. The number of rotatable bonds is 6. The number of nitrogens with zero attached hydrogens (tertiary/aromatic N) is 6. The minimum Gasteiger partial charge on any atom is -0.332 e. The van der Waals surface area contributed by atoms with Crippen LogP contribution >= 0.6 is 0 Å². The maximum absolute atomic E-state index is 12.9. The molecule has 1 unspecified atom stereocenters. The van der Waals surface area contributed by atoms with E-state index in [1.54, 1.807) is 0 Å². The first-order valence-electron chi connectivity index (χ1n) is 9.81. The van der Waals surface area contributed by atoms with Gasteiger partial charge in [-0.3, -0.25) is 4.79 Å². The van der Waals surface area contributed by atoms with Crippen molar-refractivity contribution in [3.05, 3.63) is 11.6 Å². The van der Waals surface area contributed by atoms with Gasteiger partial charge in [0.25, 0.3) is 0 Å². The molecular formula is C19H26N6O. The minimum absolute atomic E-state index is 0.0663. The summed E-state index contributed by atoms with van der Waals surface area (Å²) in [6.07, 6.45) is 14.4. The normalized spacial score (nSPS) is 23.3. The van der Waals surface area contributed by atoms with Gasteiger partial charge in [0.2, 0.25) is 5.91 Å². The maximum Gasteiger partial charge on any atom is 0.223 e. The van der Waals surface area contributed by atoms with Gasteiger partial charge in [-0.25, -0.2) is 0 Å². The van der Waals surface area contributed by atoms with Crippen molar-refractivity contribution in [1.29, 1.82) is 0 Å². The standard InChI is InChI=1S/C19H26N6O/c1-2-3-11-19(22-23-19)12-10-17(26)24-14-7-8-15(24)18-21-20-16-9-5-4-6-13-25(16)18/h1,15H,3-14H2. The lowest BCUT2D eigenvalue weighted by atomic mass is 10.0. The van der Waals surface area contributed by atoms with Gasteiger partial charge in [-0.15, -0.1) is 22.5 Å². The van der Waals surface area contributed by atoms with Gasteiger partial charge in [0, 0.05) is 45.2 Å². The molecule has 0 aliphatic carbocycles. The summed E-state index contributed by atoms with van der Waals surface area (Å²) in [7, 11) is 0. The summed E-state index contributed by atoms with van der Waals surface area (Å²) in [5, 5.41) is 17.2. The van der Waals surface area contributed by atoms with E-state index in [-0.39, 0.29) is 17.6 Å². The summed E-state index contributed by atoms with van der Waals surface area (Å²) in [6, 6.07) is 0.0663. The number of carbonyl (C=O) groups excluding carboxylic acids is 1. The first-order valence-corrected chi connectivity index (χ1v) is 9.81. The quantitative estimate of drug-likeness (QED) is 0.737. The number of aryl methyl sites for hydroxylation is 1. The second kappa shape index (κ2) is 7.18. The molecule has 1 aromatic rings. The molecule has 0 aromatic carbocycles. The summed E-state index contributed by atoms with van der Waals surface area (Å²) in [4.78, 5) is 14.9. The molecule has 0 radical (unpaired) electrons. The SMILES string of the molecule is C#CCCC1(CCC(=O)N2CCCC2c2nnc3n2CCCCC3)N=N1. The Balaban J connectivity index is 1.41. The Bertz CT molecular complexity index is 740. The highest BCUT2D eigenvalue weighted by Crippen LogP contribution is 2.39. The maximum atomic E-state index is 12.9. The Kier molecular flexibility index (Phi) is 4.75. The molecule has 26 heavy (non-hydrogen) atoms. The first-order chi connectivity index (χ1) is 12.7. The van der Waals surface area contributed by atoms with Crippen LogP contribution in [0.4, 0.5) is 0 Å². The Hall–Kier alpha value is -2.23. The highest BCUT2D eigenvalue weighted by Gasteiger charge is 2.41. The van der Waals surface area contributed by atoms with Crippen molar-refractivity contribution in [2.24, 2.45) is 10.2 Å². The Labute approximate surface area is 154 Å². The van der Waals surface area contributed by atoms with Crippen LogP contribution in [0.3, 0.4) is 0 Å². The van der Waals surface area contributed by atoms with Crippen LogP contribution in [0.25, 0.3) is 0 Å². The predicted molar refractivity (Wildman–Crippen MR) is 96.2 cm³/mol. The van der Waals surface area contributed by atoms with Gasteiger partial charge in [0.05, 0.1) is 6.04 Å². The first kappa shape index (κ1) is 17.2. The van der Waals surface area contributed by atoms with Crippen molar-refractivity contribution in [1.82, 2.24) is 19.7 Å². The van der Waals surface area contributed by atoms with Crippen LogP contribution in [0.2, 0.25) is 0 Å². The average molecular weight is 354 g/mol. The predicted octanol–water partition coefficient (Wildman–Crippen LogP) is 3.02. The van der Waals surface area contributed by atoms with Crippen LogP contribution in [0, 0.1) is 12.3 Å². The zero-order valence-electron chi connectivity index (χ0n) is 15.2. The molecular weight excluding hydrogens is 328 g/mol. The number of amides is 1. The van der Waals surface area contributed by atoms with Gasteiger partial charge in [-0.05, 0) is 25.7 Å². The van der Waals surface area contributed by atoms with Gasteiger partial charge in [0.1, 0.15) is 5.82 Å². The van der Waals surface area contributed by atoms with Crippen LogP contribution in [-0.2, 0) is 17.8 Å². The molecule has 1 saturated heterocycles. The fraction of sp³-hybridized carbons (Fsp3) is 0.737. The van der Waals surface area contributed by atoms with E-state index < -0.39 is 0 Å². The summed E-state index contributed by atoms with van der Waals surface area (Å²) < 4.78 is 2.27. The smallest absolute Gasteiger partial charge is 0.223 e. The molecule has 4 heterocycles. The lowest BCUT2D eigenvalue weighted by Crippen LogP contribution is -2.33. The Morgan fingerprint density at radius 3 is 2.85 bits per heavy atom. The molecule has 7 nitrogen and oxygen atoms in total. The van der Waals surface area contributed by atoms with E-state index in [4.69, 9.17) is 6.42 Å². The fourth-order valence-electron chi connectivity index (χ4n) is 4.21. The molecule has 138 valence electrons. The summed E-state index contributed by atoms with van der Waals surface area (Å²) in [5.74, 6) is 4.88. The largest absolute Gasteiger partial charge is 0.332 e. The highest BCUT2D eigenvalue weighted by atomic mass is 16.2. The van der Waals surface area contributed by atoms with Crippen molar-refractivity contribution in [3.63, 3.8) is 0 Å². The fourth-order valence-corrected chi connectivity index (χ4v) is 4.21.